The summed E-state index contributed by atoms with van der Waals surface area (Å²) in [5, 5.41) is 3.06. The van der Waals surface area contributed by atoms with Crippen molar-refractivity contribution in [2.75, 3.05) is 19.8 Å². The van der Waals surface area contributed by atoms with Gasteiger partial charge in [0.15, 0.2) is 17.1 Å². The highest BCUT2D eigenvalue weighted by Crippen LogP contribution is 2.29. The molecule has 170 valence electrons. The molecule has 0 spiro atoms. The van der Waals surface area contributed by atoms with Crippen LogP contribution in [0.15, 0.2) is 24.3 Å². The van der Waals surface area contributed by atoms with E-state index in [4.69, 9.17) is 19.4 Å². The normalized spacial score (nSPS) is 13.5. The molecule has 0 saturated carbocycles. The van der Waals surface area contributed by atoms with Crippen LogP contribution in [0.5, 0.6) is 11.5 Å². The number of imidazole rings is 1. The van der Waals surface area contributed by atoms with Gasteiger partial charge in [-0.05, 0) is 63.8 Å². The number of pyridine rings is 1. The molecule has 1 amide bonds. The van der Waals surface area contributed by atoms with Crippen molar-refractivity contribution >= 4 is 17.1 Å². The molecule has 3 heterocycles. The summed E-state index contributed by atoms with van der Waals surface area (Å²) in [5.74, 6) is 2.42. The molecule has 2 aromatic heterocycles. The highest BCUT2D eigenvalue weighted by molar-refractivity contribution is 6.04. The average molecular weight is 437 g/mol. The summed E-state index contributed by atoms with van der Waals surface area (Å²) >= 11 is 0. The molecule has 0 saturated heterocycles. The van der Waals surface area contributed by atoms with Gasteiger partial charge in [-0.1, -0.05) is 12.5 Å². The Balaban J connectivity index is 1.48. The van der Waals surface area contributed by atoms with Gasteiger partial charge >= 0.3 is 0 Å². The summed E-state index contributed by atoms with van der Waals surface area (Å²) < 4.78 is 13.5. The summed E-state index contributed by atoms with van der Waals surface area (Å²) in [7, 11) is 0. The van der Waals surface area contributed by atoms with Crippen LogP contribution in [0.4, 0.5) is 0 Å². The fourth-order valence-electron chi connectivity index (χ4n) is 4.26. The van der Waals surface area contributed by atoms with E-state index >= 15 is 0 Å². The van der Waals surface area contributed by atoms with Crippen LogP contribution in [0.2, 0.25) is 0 Å². The quantitative estimate of drug-likeness (QED) is 0.572. The number of aryl methyl sites for hydroxylation is 3. The van der Waals surface area contributed by atoms with Crippen LogP contribution in [0.25, 0.3) is 11.2 Å². The number of carbonyl (C=O) groups is 1. The van der Waals surface area contributed by atoms with Crippen molar-refractivity contribution in [3.63, 3.8) is 0 Å². The number of benzene rings is 1. The second-order valence-electron chi connectivity index (χ2n) is 8.13. The van der Waals surface area contributed by atoms with Gasteiger partial charge in [0.1, 0.15) is 11.3 Å². The third-order valence-corrected chi connectivity index (χ3v) is 5.74. The predicted octanol–water partition coefficient (Wildman–Crippen LogP) is 4.24. The highest BCUT2D eigenvalue weighted by atomic mass is 16.5. The molecule has 0 atom stereocenters. The van der Waals surface area contributed by atoms with Gasteiger partial charge in [0.25, 0.3) is 5.91 Å². The summed E-state index contributed by atoms with van der Waals surface area (Å²) in [4.78, 5) is 22.6. The van der Waals surface area contributed by atoms with E-state index in [-0.39, 0.29) is 5.91 Å². The fourth-order valence-corrected chi connectivity index (χ4v) is 4.26. The molecule has 0 radical (unpaired) electrons. The third kappa shape index (κ3) is 4.71. The van der Waals surface area contributed by atoms with Crippen molar-refractivity contribution in [1.82, 2.24) is 19.9 Å². The van der Waals surface area contributed by atoms with Gasteiger partial charge in [-0.2, -0.15) is 0 Å². The summed E-state index contributed by atoms with van der Waals surface area (Å²) in [6.07, 6.45) is 5.11. The number of nitrogens with zero attached hydrogens (tertiary/aromatic N) is 3. The number of fused-ring (bicyclic) bond motifs is 3. The van der Waals surface area contributed by atoms with Gasteiger partial charge in [-0.25, -0.2) is 9.97 Å². The van der Waals surface area contributed by atoms with Gasteiger partial charge in [-0.15, -0.1) is 0 Å². The standard InChI is InChI=1S/C25H32N4O3/c1-4-31-20-11-10-18(16-21(20)32-5-2)12-13-26-25(30)19-15-17(3)27-24-23(19)28-22-9-7-6-8-14-29(22)24/h10-11,15-16H,4-9,12-14H2,1-3H3,(H,26,30). The SMILES string of the molecule is CCOc1ccc(CCNC(=O)c2cc(C)nc3c2nc2n3CCCCC2)cc1OCC. The monoisotopic (exact) mass is 436 g/mol. The minimum absolute atomic E-state index is 0.107. The van der Waals surface area contributed by atoms with E-state index in [0.29, 0.717) is 37.3 Å². The van der Waals surface area contributed by atoms with Gasteiger partial charge in [0.2, 0.25) is 0 Å². The number of rotatable bonds is 8. The molecule has 3 aromatic rings. The van der Waals surface area contributed by atoms with E-state index in [9.17, 15) is 4.79 Å². The summed E-state index contributed by atoms with van der Waals surface area (Å²) in [5.41, 5.74) is 4.07. The van der Waals surface area contributed by atoms with Crippen LogP contribution in [-0.2, 0) is 19.4 Å². The van der Waals surface area contributed by atoms with Gasteiger partial charge in [0.05, 0.1) is 18.8 Å². The predicted molar refractivity (Wildman–Crippen MR) is 125 cm³/mol. The van der Waals surface area contributed by atoms with Crippen molar-refractivity contribution in [1.29, 1.82) is 0 Å². The number of carbonyl (C=O) groups excluding carboxylic acids is 1. The van der Waals surface area contributed by atoms with Crippen LogP contribution in [0.3, 0.4) is 0 Å². The van der Waals surface area contributed by atoms with E-state index in [1.54, 1.807) is 0 Å². The first-order chi connectivity index (χ1) is 15.6. The first-order valence-electron chi connectivity index (χ1n) is 11.6. The minimum atomic E-state index is -0.107. The first kappa shape index (κ1) is 22.1. The number of amides is 1. The highest BCUT2D eigenvalue weighted by Gasteiger charge is 2.20. The van der Waals surface area contributed by atoms with E-state index in [1.165, 1.54) is 6.42 Å². The zero-order chi connectivity index (χ0) is 22.5. The fraction of sp³-hybridized carbons (Fsp3) is 0.480. The molecular formula is C25H32N4O3. The Morgan fingerprint density at radius 3 is 2.69 bits per heavy atom. The Kier molecular flexibility index (Phi) is 6.93. The largest absolute Gasteiger partial charge is 0.490 e. The topological polar surface area (TPSA) is 78.3 Å². The van der Waals surface area contributed by atoms with Crippen molar-refractivity contribution in [2.45, 2.75) is 59.4 Å². The number of ether oxygens (including phenoxy) is 2. The lowest BCUT2D eigenvalue weighted by Gasteiger charge is -2.13. The van der Waals surface area contributed by atoms with Gasteiger partial charge in [-0.3, -0.25) is 4.79 Å². The molecule has 1 N–H and O–H groups in total. The van der Waals surface area contributed by atoms with Gasteiger partial charge in [0, 0.05) is 25.2 Å². The average Bonchev–Trinajstić information content (AvgIpc) is 2.96. The lowest BCUT2D eigenvalue weighted by Crippen LogP contribution is -2.26. The molecule has 7 heteroatoms. The molecule has 0 unspecified atom stereocenters. The van der Waals surface area contributed by atoms with Crippen LogP contribution in [0, 0.1) is 6.92 Å². The van der Waals surface area contributed by atoms with E-state index in [0.717, 1.165) is 60.0 Å². The zero-order valence-electron chi connectivity index (χ0n) is 19.2. The number of aromatic nitrogens is 3. The Bertz CT molecular complexity index is 1110. The molecule has 0 aliphatic carbocycles. The second kappa shape index (κ2) is 10.0. The lowest BCUT2D eigenvalue weighted by atomic mass is 10.1. The Labute approximate surface area is 189 Å². The maximum Gasteiger partial charge on any atom is 0.253 e. The number of hydrogen-bond acceptors (Lipinski definition) is 5. The first-order valence-corrected chi connectivity index (χ1v) is 11.6. The van der Waals surface area contributed by atoms with Crippen molar-refractivity contribution in [2.24, 2.45) is 0 Å². The molecule has 1 aromatic carbocycles. The molecular weight excluding hydrogens is 404 g/mol. The third-order valence-electron chi connectivity index (χ3n) is 5.74. The molecule has 4 rings (SSSR count). The maximum absolute atomic E-state index is 13.1. The number of nitrogens with one attached hydrogen (secondary N) is 1. The Hall–Kier alpha value is -3.09. The van der Waals surface area contributed by atoms with E-state index in [2.05, 4.69) is 9.88 Å². The maximum atomic E-state index is 13.1. The number of hydrogen-bond donors (Lipinski definition) is 1. The molecule has 1 aliphatic rings. The summed E-state index contributed by atoms with van der Waals surface area (Å²) in [6, 6.07) is 7.77. The Morgan fingerprint density at radius 2 is 1.88 bits per heavy atom. The molecule has 0 bridgehead atoms. The van der Waals surface area contributed by atoms with Crippen molar-refractivity contribution < 1.29 is 14.3 Å². The zero-order valence-corrected chi connectivity index (χ0v) is 19.2. The van der Waals surface area contributed by atoms with Gasteiger partial charge < -0.3 is 19.4 Å². The summed E-state index contributed by atoms with van der Waals surface area (Å²) in [6.45, 7) is 8.45. The van der Waals surface area contributed by atoms with Crippen LogP contribution in [0.1, 0.15) is 60.5 Å². The lowest BCUT2D eigenvalue weighted by molar-refractivity contribution is 0.0955. The molecule has 1 aliphatic heterocycles. The second-order valence-corrected chi connectivity index (χ2v) is 8.13. The minimum Gasteiger partial charge on any atom is -0.490 e. The molecule has 32 heavy (non-hydrogen) atoms. The Morgan fingerprint density at radius 1 is 1.06 bits per heavy atom. The van der Waals surface area contributed by atoms with Crippen molar-refractivity contribution in [3.8, 4) is 11.5 Å². The van der Waals surface area contributed by atoms with Crippen LogP contribution >= 0.6 is 0 Å². The van der Waals surface area contributed by atoms with Crippen LogP contribution < -0.4 is 14.8 Å². The smallest absolute Gasteiger partial charge is 0.253 e. The van der Waals surface area contributed by atoms with E-state index in [1.807, 2.05) is 45.0 Å². The molecule has 7 nitrogen and oxygen atoms in total. The van der Waals surface area contributed by atoms with E-state index < -0.39 is 0 Å². The molecule has 0 fully saturated rings. The van der Waals surface area contributed by atoms with Crippen molar-refractivity contribution in [3.05, 3.63) is 46.9 Å². The van der Waals surface area contributed by atoms with Crippen LogP contribution in [-0.4, -0.2) is 40.2 Å².